The molecule has 0 bridgehead atoms. The predicted molar refractivity (Wildman–Crippen MR) is 106 cm³/mol. The van der Waals surface area contributed by atoms with Gasteiger partial charge in [0.2, 0.25) is 5.91 Å². The van der Waals surface area contributed by atoms with Gasteiger partial charge in [-0.25, -0.2) is 9.97 Å². The largest absolute Gasteiger partial charge is 0.355 e. The molecule has 1 amide bonds. The van der Waals surface area contributed by atoms with Gasteiger partial charge in [0, 0.05) is 16.8 Å². The maximum absolute atomic E-state index is 12.2. The first-order chi connectivity index (χ1) is 12.0. The minimum absolute atomic E-state index is 0.0453. The van der Waals surface area contributed by atoms with Gasteiger partial charge in [0.1, 0.15) is 16.2 Å². The van der Waals surface area contributed by atoms with Crippen molar-refractivity contribution in [2.45, 2.75) is 31.0 Å². The number of thiophene rings is 1. The molecule has 0 radical (unpaired) electrons. The van der Waals surface area contributed by atoms with Crippen molar-refractivity contribution in [3.05, 3.63) is 42.7 Å². The van der Waals surface area contributed by atoms with E-state index < -0.39 is 0 Å². The van der Waals surface area contributed by atoms with Crippen molar-refractivity contribution >= 4 is 39.2 Å². The molecule has 0 aliphatic carbocycles. The topological polar surface area (TPSA) is 54.9 Å². The Balaban J connectivity index is 1.82. The molecule has 4 nitrogen and oxygen atoms in total. The van der Waals surface area contributed by atoms with Gasteiger partial charge in [0.25, 0.3) is 0 Å². The molecule has 6 heteroatoms. The van der Waals surface area contributed by atoms with E-state index in [0.29, 0.717) is 12.5 Å². The van der Waals surface area contributed by atoms with E-state index in [2.05, 4.69) is 47.3 Å². The van der Waals surface area contributed by atoms with Crippen LogP contribution in [0.1, 0.15) is 20.8 Å². The van der Waals surface area contributed by atoms with E-state index in [-0.39, 0.29) is 11.2 Å². The maximum Gasteiger partial charge on any atom is 0.233 e. The van der Waals surface area contributed by atoms with E-state index in [1.54, 1.807) is 17.7 Å². The lowest BCUT2D eigenvalue weighted by Crippen LogP contribution is -2.33. The summed E-state index contributed by atoms with van der Waals surface area (Å²) in [5.41, 5.74) is 1.17. The number of nitrogens with one attached hydrogen (secondary N) is 1. The Kier molecular flexibility index (Phi) is 5.71. The monoisotopic (exact) mass is 371 g/mol. The Hall–Kier alpha value is -1.92. The standard InChI is InChI=1S/C19H21N3OS2/c1-12(2)10-20-17(23)13(3)24-18-15-9-16(14-7-5-4-6-8-14)25-19(15)22-11-21-18/h4-9,11-13H,10H2,1-3H3,(H,20,23)/t13-/m0/s1. The Morgan fingerprint density at radius 1 is 1.20 bits per heavy atom. The second-order valence-electron chi connectivity index (χ2n) is 6.27. The van der Waals surface area contributed by atoms with E-state index in [9.17, 15) is 4.79 Å². The number of amides is 1. The van der Waals surface area contributed by atoms with Crippen LogP contribution in [-0.4, -0.2) is 27.7 Å². The molecule has 0 saturated heterocycles. The van der Waals surface area contributed by atoms with Crippen molar-refractivity contribution in [1.29, 1.82) is 0 Å². The fourth-order valence-electron chi connectivity index (χ4n) is 2.34. The van der Waals surface area contributed by atoms with Gasteiger partial charge in [-0.1, -0.05) is 55.9 Å². The Morgan fingerprint density at radius 2 is 1.96 bits per heavy atom. The summed E-state index contributed by atoms with van der Waals surface area (Å²) >= 11 is 3.13. The van der Waals surface area contributed by atoms with Gasteiger partial charge < -0.3 is 5.32 Å². The average Bonchev–Trinajstić information content (AvgIpc) is 3.05. The SMILES string of the molecule is CC(C)CNC(=O)[C@H](C)Sc1ncnc2sc(-c3ccccc3)cc12. The Labute approximate surface area is 156 Å². The van der Waals surface area contributed by atoms with Crippen LogP contribution in [0.15, 0.2) is 47.8 Å². The average molecular weight is 372 g/mol. The molecular formula is C19H21N3OS2. The molecule has 0 aliphatic rings. The van der Waals surface area contributed by atoms with Crippen molar-refractivity contribution in [2.24, 2.45) is 5.92 Å². The van der Waals surface area contributed by atoms with Gasteiger partial charge in [-0.2, -0.15) is 0 Å². The highest BCUT2D eigenvalue weighted by atomic mass is 32.2. The van der Waals surface area contributed by atoms with Crippen LogP contribution in [0.2, 0.25) is 0 Å². The highest BCUT2D eigenvalue weighted by Gasteiger charge is 2.18. The molecule has 25 heavy (non-hydrogen) atoms. The smallest absolute Gasteiger partial charge is 0.233 e. The van der Waals surface area contributed by atoms with Crippen LogP contribution in [0.3, 0.4) is 0 Å². The molecule has 3 aromatic rings. The van der Waals surface area contributed by atoms with Crippen molar-refractivity contribution < 1.29 is 4.79 Å². The maximum atomic E-state index is 12.2. The normalized spacial score (nSPS) is 12.5. The first-order valence-electron chi connectivity index (χ1n) is 8.29. The molecule has 0 fully saturated rings. The minimum atomic E-state index is -0.197. The molecule has 2 heterocycles. The van der Waals surface area contributed by atoms with Gasteiger partial charge in [0.05, 0.1) is 5.25 Å². The van der Waals surface area contributed by atoms with Crippen LogP contribution < -0.4 is 5.32 Å². The lowest BCUT2D eigenvalue weighted by molar-refractivity contribution is -0.120. The van der Waals surface area contributed by atoms with Crippen LogP contribution in [0.5, 0.6) is 0 Å². The molecule has 1 atom stereocenters. The highest BCUT2D eigenvalue weighted by molar-refractivity contribution is 8.00. The van der Waals surface area contributed by atoms with Gasteiger partial charge in [-0.05, 0) is 24.5 Å². The van der Waals surface area contributed by atoms with Crippen LogP contribution >= 0.6 is 23.1 Å². The third kappa shape index (κ3) is 4.38. The number of hydrogen-bond donors (Lipinski definition) is 1. The van der Waals surface area contributed by atoms with E-state index in [1.165, 1.54) is 17.3 Å². The summed E-state index contributed by atoms with van der Waals surface area (Å²) in [5.74, 6) is 0.487. The first-order valence-corrected chi connectivity index (χ1v) is 9.98. The predicted octanol–water partition coefficient (Wildman–Crippen LogP) is 4.61. The molecule has 0 unspecified atom stereocenters. The van der Waals surface area contributed by atoms with Crippen molar-refractivity contribution in [3.8, 4) is 10.4 Å². The van der Waals surface area contributed by atoms with Crippen molar-refractivity contribution in [3.63, 3.8) is 0 Å². The van der Waals surface area contributed by atoms with Crippen molar-refractivity contribution in [1.82, 2.24) is 15.3 Å². The van der Waals surface area contributed by atoms with E-state index in [0.717, 1.165) is 20.1 Å². The van der Waals surface area contributed by atoms with E-state index >= 15 is 0 Å². The highest BCUT2D eigenvalue weighted by Crippen LogP contribution is 2.37. The van der Waals surface area contributed by atoms with Gasteiger partial charge in [0.15, 0.2) is 0 Å². The molecule has 1 aromatic carbocycles. The second kappa shape index (κ2) is 7.97. The molecule has 0 aliphatic heterocycles. The number of thioether (sulfide) groups is 1. The third-order valence-corrected chi connectivity index (χ3v) is 5.90. The second-order valence-corrected chi connectivity index (χ2v) is 8.63. The number of rotatable bonds is 6. The number of aromatic nitrogens is 2. The van der Waals surface area contributed by atoms with Crippen LogP contribution in [-0.2, 0) is 4.79 Å². The lowest BCUT2D eigenvalue weighted by Gasteiger charge is -2.13. The summed E-state index contributed by atoms with van der Waals surface area (Å²) in [5, 5.41) is 4.65. The summed E-state index contributed by atoms with van der Waals surface area (Å²) in [6.45, 7) is 6.78. The molecule has 130 valence electrons. The summed E-state index contributed by atoms with van der Waals surface area (Å²) in [6, 6.07) is 12.4. The molecular weight excluding hydrogens is 350 g/mol. The molecule has 2 aromatic heterocycles. The Bertz CT molecular complexity index is 861. The quantitative estimate of drug-likeness (QED) is 0.508. The summed E-state index contributed by atoms with van der Waals surface area (Å²) in [7, 11) is 0. The van der Waals surface area contributed by atoms with E-state index in [1.807, 2.05) is 25.1 Å². The van der Waals surface area contributed by atoms with Crippen LogP contribution in [0.4, 0.5) is 0 Å². The number of nitrogens with zero attached hydrogens (tertiary/aromatic N) is 2. The number of carbonyl (C=O) groups excluding carboxylic acids is 1. The zero-order chi connectivity index (χ0) is 17.8. The number of hydrogen-bond acceptors (Lipinski definition) is 5. The van der Waals surface area contributed by atoms with Gasteiger partial charge >= 0.3 is 0 Å². The molecule has 0 spiro atoms. The molecule has 3 rings (SSSR count). The first kappa shape index (κ1) is 17.9. The summed E-state index contributed by atoms with van der Waals surface area (Å²) < 4.78 is 0. The zero-order valence-electron chi connectivity index (χ0n) is 14.5. The third-order valence-electron chi connectivity index (χ3n) is 3.69. The number of fused-ring (bicyclic) bond motifs is 1. The molecule has 1 N–H and O–H groups in total. The fraction of sp³-hybridized carbons (Fsp3) is 0.316. The van der Waals surface area contributed by atoms with Gasteiger partial charge in [-0.3, -0.25) is 4.79 Å². The van der Waals surface area contributed by atoms with Gasteiger partial charge in [-0.15, -0.1) is 11.3 Å². The zero-order valence-corrected chi connectivity index (χ0v) is 16.2. The minimum Gasteiger partial charge on any atom is -0.355 e. The molecule has 0 saturated carbocycles. The Morgan fingerprint density at radius 3 is 2.68 bits per heavy atom. The summed E-state index contributed by atoms with van der Waals surface area (Å²) in [6.07, 6.45) is 1.58. The number of benzene rings is 1. The summed E-state index contributed by atoms with van der Waals surface area (Å²) in [4.78, 5) is 23.2. The van der Waals surface area contributed by atoms with Crippen LogP contribution in [0, 0.1) is 5.92 Å². The number of carbonyl (C=O) groups is 1. The fourth-order valence-corrected chi connectivity index (χ4v) is 4.33. The van der Waals surface area contributed by atoms with Crippen molar-refractivity contribution in [2.75, 3.05) is 6.54 Å². The van der Waals surface area contributed by atoms with Crippen LogP contribution in [0.25, 0.3) is 20.7 Å². The van der Waals surface area contributed by atoms with E-state index in [4.69, 9.17) is 0 Å². The lowest BCUT2D eigenvalue weighted by atomic mass is 10.2.